The molecule has 0 bridgehead atoms. The zero-order chi connectivity index (χ0) is 29.9. The number of rotatable bonds is 8. The zero-order valence-corrected chi connectivity index (χ0v) is 22.1. The Labute approximate surface area is 232 Å². The normalized spacial score (nSPS) is 31.3. The van der Waals surface area contributed by atoms with Gasteiger partial charge in [0.25, 0.3) is 5.56 Å². The molecule has 22 heteroatoms. The molecule has 6 heterocycles. The summed E-state index contributed by atoms with van der Waals surface area (Å²) in [6.07, 6.45) is -8.05. The van der Waals surface area contributed by atoms with E-state index in [0.717, 1.165) is 10.9 Å². The van der Waals surface area contributed by atoms with Gasteiger partial charge in [-0.2, -0.15) is 4.98 Å². The van der Waals surface area contributed by atoms with E-state index in [2.05, 4.69) is 29.9 Å². The predicted octanol–water partition coefficient (Wildman–Crippen LogP) is -3.50. The number of nitrogens with two attached hydrogens (primary N) is 2. The Bertz CT molecular complexity index is 1730. The molecule has 9 atom stereocenters. The van der Waals surface area contributed by atoms with Crippen LogP contribution in [0.4, 0.5) is 11.8 Å². The number of phosphoric ester groups is 1. The third kappa shape index (κ3) is 4.80. The van der Waals surface area contributed by atoms with Crippen molar-refractivity contribution in [3.8, 4) is 0 Å². The summed E-state index contributed by atoms with van der Waals surface area (Å²) in [5.74, 6) is -0.171. The van der Waals surface area contributed by atoms with Gasteiger partial charge in [0.05, 0.1) is 25.9 Å². The molecule has 0 radical (unpaired) electrons. The molecule has 0 aromatic carbocycles. The fourth-order valence-electron chi connectivity index (χ4n) is 4.84. The summed E-state index contributed by atoms with van der Waals surface area (Å²) < 4.78 is 37.0. The monoisotopic (exact) mass is 612 g/mol. The van der Waals surface area contributed by atoms with Crippen LogP contribution in [0.15, 0.2) is 23.8 Å². The highest BCUT2D eigenvalue weighted by Crippen LogP contribution is 2.50. The number of imidazole rings is 2. The Balaban J connectivity index is 1.19. The topological polar surface area (TPSA) is 314 Å². The molecule has 0 aliphatic carbocycles. The van der Waals surface area contributed by atoms with Crippen molar-refractivity contribution in [3.63, 3.8) is 0 Å². The third-order valence-corrected chi connectivity index (χ3v) is 7.86. The molecule has 0 saturated carbocycles. The molecule has 1 unspecified atom stereocenters. The van der Waals surface area contributed by atoms with E-state index < -0.39 is 75.7 Å². The standard InChI is InChI=1S/C20H25N10O11P/c21-14-8-15(24-3-23-14)29(4-25-8)18-12(34)10(32)7(40-18)2-38-42(36,37)41-13-11(33)6(1-31)39-19(13)30-5-26-9-16(30)27-20(22)28-17(9)35/h3-7,10-13,18-19,31-34H,1-2H2,(H,36,37)(H2,21,23,24)(H3,22,27,28,35)/t6-,7-,10-,11+,12-,13-,18-,19-/m1/s1. The molecule has 2 aliphatic rings. The molecule has 2 saturated heterocycles. The van der Waals surface area contributed by atoms with Gasteiger partial charge in [-0.05, 0) is 0 Å². The maximum Gasteiger partial charge on any atom is 0.472 e. The van der Waals surface area contributed by atoms with Crippen LogP contribution in [-0.2, 0) is 23.1 Å². The first-order valence-corrected chi connectivity index (χ1v) is 13.8. The number of hydrogen-bond donors (Lipinski definition) is 8. The number of nitrogen functional groups attached to an aromatic ring is 2. The third-order valence-electron chi connectivity index (χ3n) is 6.87. The van der Waals surface area contributed by atoms with Gasteiger partial charge < -0.3 is 46.3 Å². The SMILES string of the molecule is Nc1nc2c(ncn2[C@@H]2O[C@H](CO)[C@H](O)[C@H]2OP(=O)(O)OC[C@H]2O[C@@H](n3cnc4c(N)ncnc43)[C@H](O)[C@@H]2O)c(=O)[nH]1. The number of aromatic amines is 1. The molecule has 226 valence electrons. The number of nitrogens with one attached hydrogen (secondary N) is 1. The Morgan fingerprint density at radius 3 is 2.38 bits per heavy atom. The largest absolute Gasteiger partial charge is 0.472 e. The molecule has 21 nitrogen and oxygen atoms in total. The number of aliphatic hydroxyl groups excluding tert-OH is 4. The predicted molar refractivity (Wildman–Crippen MR) is 136 cm³/mol. The van der Waals surface area contributed by atoms with Gasteiger partial charge in [0, 0.05) is 0 Å². The molecule has 2 aliphatic heterocycles. The lowest BCUT2D eigenvalue weighted by Crippen LogP contribution is -2.36. The minimum atomic E-state index is -5.06. The molecule has 2 fully saturated rings. The first-order valence-electron chi connectivity index (χ1n) is 12.3. The van der Waals surface area contributed by atoms with Gasteiger partial charge in [-0.1, -0.05) is 0 Å². The van der Waals surface area contributed by atoms with Gasteiger partial charge in [-0.25, -0.2) is 24.5 Å². The lowest BCUT2D eigenvalue weighted by Gasteiger charge is -2.24. The fourth-order valence-corrected chi connectivity index (χ4v) is 5.77. The van der Waals surface area contributed by atoms with Crippen LogP contribution < -0.4 is 17.0 Å². The number of phosphoric acid groups is 1. The maximum atomic E-state index is 13.0. The number of nitrogens with zero attached hydrogens (tertiary/aromatic N) is 7. The van der Waals surface area contributed by atoms with Crippen LogP contribution in [0.25, 0.3) is 22.3 Å². The number of ether oxygens (including phenoxy) is 2. The summed E-state index contributed by atoms with van der Waals surface area (Å²) in [6.45, 7) is -1.44. The highest BCUT2D eigenvalue weighted by Gasteiger charge is 2.50. The number of hydrogen-bond acceptors (Lipinski definition) is 17. The van der Waals surface area contributed by atoms with Crippen molar-refractivity contribution in [2.45, 2.75) is 49.1 Å². The summed E-state index contributed by atoms with van der Waals surface area (Å²) in [5, 5.41) is 41.5. The van der Waals surface area contributed by atoms with E-state index in [1.165, 1.54) is 17.2 Å². The second-order valence-corrected chi connectivity index (χ2v) is 10.9. The zero-order valence-electron chi connectivity index (χ0n) is 21.2. The van der Waals surface area contributed by atoms with Crippen molar-refractivity contribution in [3.05, 3.63) is 29.3 Å². The smallest absolute Gasteiger partial charge is 0.394 e. The summed E-state index contributed by atoms with van der Waals surface area (Å²) in [6, 6.07) is 0. The van der Waals surface area contributed by atoms with Crippen LogP contribution in [0, 0.1) is 0 Å². The quantitative estimate of drug-likeness (QED) is 0.0894. The average molecular weight is 612 g/mol. The fraction of sp³-hybridized carbons (Fsp3) is 0.500. The lowest BCUT2D eigenvalue weighted by atomic mass is 10.1. The second kappa shape index (κ2) is 10.6. The van der Waals surface area contributed by atoms with E-state index in [1.807, 2.05) is 0 Å². The van der Waals surface area contributed by atoms with Gasteiger partial charge >= 0.3 is 7.82 Å². The Morgan fingerprint density at radius 2 is 1.64 bits per heavy atom. The summed E-state index contributed by atoms with van der Waals surface area (Å²) in [4.78, 5) is 44.9. The van der Waals surface area contributed by atoms with Crippen molar-refractivity contribution in [2.24, 2.45) is 0 Å². The van der Waals surface area contributed by atoms with Crippen molar-refractivity contribution >= 4 is 41.9 Å². The average Bonchev–Trinajstić information content (AvgIpc) is 3.69. The van der Waals surface area contributed by atoms with Crippen molar-refractivity contribution in [1.29, 1.82) is 0 Å². The Kier molecular flexibility index (Phi) is 7.17. The van der Waals surface area contributed by atoms with Gasteiger partial charge in [0.1, 0.15) is 48.5 Å². The van der Waals surface area contributed by atoms with Gasteiger partial charge in [-0.3, -0.25) is 28.0 Å². The molecule has 4 aromatic rings. The number of fused-ring (bicyclic) bond motifs is 2. The van der Waals surface area contributed by atoms with E-state index in [0.29, 0.717) is 0 Å². The van der Waals surface area contributed by atoms with E-state index in [1.54, 1.807) is 0 Å². The van der Waals surface area contributed by atoms with Crippen molar-refractivity contribution in [1.82, 2.24) is 39.0 Å². The van der Waals surface area contributed by atoms with Gasteiger partial charge in [0.15, 0.2) is 35.1 Å². The van der Waals surface area contributed by atoms with Crippen LogP contribution in [-0.4, -0.2) is 114 Å². The molecule has 0 spiro atoms. The van der Waals surface area contributed by atoms with E-state index in [9.17, 15) is 34.7 Å². The van der Waals surface area contributed by atoms with Gasteiger partial charge in [0.2, 0.25) is 5.95 Å². The van der Waals surface area contributed by atoms with Crippen LogP contribution in [0.1, 0.15) is 12.5 Å². The summed E-state index contributed by atoms with van der Waals surface area (Å²) >= 11 is 0. The minimum Gasteiger partial charge on any atom is -0.394 e. The summed E-state index contributed by atoms with van der Waals surface area (Å²) in [7, 11) is -5.06. The van der Waals surface area contributed by atoms with Gasteiger partial charge in [-0.15, -0.1) is 0 Å². The van der Waals surface area contributed by atoms with Crippen LogP contribution in [0.5, 0.6) is 0 Å². The Morgan fingerprint density at radius 1 is 0.952 bits per heavy atom. The number of anilines is 2. The molecule has 42 heavy (non-hydrogen) atoms. The molecular weight excluding hydrogens is 587 g/mol. The first kappa shape index (κ1) is 28.5. The number of aliphatic hydroxyl groups is 4. The highest BCUT2D eigenvalue weighted by molar-refractivity contribution is 7.47. The maximum absolute atomic E-state index is 13.0. The Hall–Kier alpha value is -3.63. The summed E-state index contributed by atoms with van der Waals surface area (Å²) in [5.41, 5.74) is 11.0. The highest BCUT2D eigenvalue weighted by atomic mass is 31.2. The number of aromatic nitrogens is 8. The minimum absolute atomic E-state index is 0.0830. The first-order chi connectivity index (χ1) is 20.0. The van der Waals surface area contributed by atoms with E-state index in [-0.39, 0.29) is 34.1 Å². The second-order valence-electron chi connectivity index (χ2n) is 9.48. The van der Waals surface area contributed by atoms with Crippen LogP contribution >= 0.6 is 7.82 Å². The molecule has 0 amide bonds. The van der Waals surface area contributed by atoms with E-state index in [4.69, 9.17) is 30.0 Å². The van der Waals surface area contributed by atoms with Crippen molar-refractivity contribution < 1.29 is 48.4 Å². The van der Waals surface area contributed by atoms with E-state index >= 15 is 0 Å². The molecule has 6 rings (SSSR count). The van der Waals surface area contributed by atoms with Crippen LogP contribution in [0.2, 0.25) is 0 Å². The molecular formula is C20H25N10O11P. The molecule has 10 N–H and O–H groups in total. The lowest BCUT2D eigenvalue weighted by molar-refractivity contribution is -0.0615. The molecule has 4 aromatic heterocycles. The van der Waals surface area contributed by atoms with Crippen molar-refractivity contribution in [2.75, 3.05) is 24.7 Å². The number of H-pyrrole nitrogens is 1. The van der Waals surface area contributed by atoms with Crippen LogP contribution in [0.3, 0.4) is 0 Å².